The van der Waals surface area contributed by atoms with Crippen LogP contribution in [-0.2, 0) is 11.3 Å². The molecular weight excluding hydrogens is 434 g/mol. The maximum Gasteiger partial charge on any atom is 0.350 e. The highest BCUT2D eigenvalue weighted by atomic mass is 35.5. The van der Waals surface area contributed by atoms with E-state index in [2.05, 4.69) is 21.5 Å². The van der Waals surface area contributed by atoms with E-state index >= 15 is 0 Å². The second kappa shape index (κ2) is 8.56. The van der Waals surface area contributed by atoms with Crippen molar-refractivity contribution in [2.75, 3.05) is 5.32 Å². The van der Waals surface area contributed by atoms with Gasteiger partial charge in [-0.25, -0.2) is 18.9 Å². The molecule has 9 heteroatoms. The van der Waals surface area contributed by atoms with E-state index in [0.29, 0.717) is 21.4 Å². The molecule has 0 unspecified atom stereocenters. The molecule has 31 heavy (non-hydrogen) atoms. The number of carbonyl (C=O) groups is 1. The Morgan fingerprint density at radius 3 is 2.68 bits per heavy atom. The second-order valence-electron chi connectivity index (χ2n) is 7.25. The summed E-state index contributed by atoms with van der Waals surface area (Å²) in [4.78, 5) is 30.7. The third-order valence-corrected chi connectivity index (χ3v) is 6.32. The quantitative estimate of drug-likeness (QED) is 0.488. The number of hydrogen-bond donors (Lipinski definition) is 1. The lowest BCUT2D eigenvalue weighted by Gasteiger charge is -2.06. The van der Waals surface area contributed by atoms with Crippen LogP contribution in [0.3, 0.4) is 0 Å². The first-order valence-corrected chi connectivity index (χ1v) is 10.8. The van der Waals surface area contributed by atoms with Gasteiger partial charge in [0.2, 0.25) is 5.91 Å². The van der Waals surface area contributed by atoms with Crippen molar-refractivity contribution in [2.45, 2.75) is 37.2 Å². The number of halogens is 1. The minimum absolute atomic E-state index is 0.223. The van der Waals surface area contributed by atoms with Crippen LogP contribution in [0, 0.1) is 20.8 Å². The number of carbonyl (C=O) groups excluding carboxylic acids is 1. The van der Waals surface area contributed by atoms with Crippen LogP contribution in [0.15, 0.2) is 63.5 Å². The van der Waals surface area contributed by atoms with Crippen molar-refractivity contribution < 1.29 is 4.79 Å². The zero-order valence-corrected chi connectivity index (χ0v) is 18.8. The van der Waals surface area contributed by atoms with E-state index in [0.717, 1.165) is 20.7 Å². The van der Waals surface area contributed by atoms with Gasteiger partial charge in [0, 0.05) is 28.0 Å². The summed E-state index contributed by atoms with van der Waals surface area (Å²) in [5, 5.41) is 8.26. The summed E-state index contributed by atoms with van der Waals surface area (Å²) in [6, 6.07) is 11.4. The molecular formula is C22H20ClN5O2S. The van der Waals surface area contributed by atoms with Gasteiger partial charge in [-0.05, 0) is 50.1 Å². The Labute approximate surface area is 188 Å². The van der Waals surface area contributed by atoms with Crippen LogP contribution in [-0.4, -0.2) is 25.1 Å². The molecule has 1 amide bonds. The van der Waals surface area contributed by atoms with Crippen LogP contribution in [0.25, 0.3) is 5.65 Å². The first-order valence-electron chi connectivity index (χ1n) is 9.57. The number of amides is 1. The first-order chi connectivity index (χ1) is 14.8. The molecule has 4 aromatic rings. The predicted octanol–water partition coefficient (Wildman–Crippen LogP) is 4.26. The van der Waals surface area contributed by atoms with Gasteiger partial charge in [0.05, 0.1) is 0 Å². The lowest BCUT2D eigenvalue weighted by atomic mass is 10.2. The van der Waals surface area contributed by atoms with E-state index in [1.165, 1.54) is 21.7 Å². The minimum atomic E-state index is -0.406. The molecule has 0 saturated heterocycles. The first kappa shape index (κ1) is 21.1. The smallest absolute Gasteiger partial charge is 0.324 e. The van der Waals surface area contributed by atoms with Gasteiger partial charge in [-0.3, -0.25) is 4.79 Å². The summed E-state index contributed by atoms with van der Waals surface area (Å²) >= 11 is 7.55. The molecule has 1 N–H and O–H groups in total. The van der Waals surface area contributed by atoms with E-state index < -0.39 is 5.69 Å². The number of hydrogen-bond acceptors (Lipinski definition) is 5. The van der Waals surface area contributed by atoms with Crippen LogP contribution < -0.4 is 11.0 Å². The van der Waals surface area contributed by atoms with E-state index in [9.17, 15) is 9.59 Å². The molecule has 158 valence electrons. The van der Waals surface area contributed by atoms with Crippen molar-refractivity contribution in [1.82, 2.24) is 19.2 Å². The monoisotopic (exact) mass is 453 g/mol. The Morgan fingerprint density at radius 1 is 1.13 bits per heavy atom. The fraction of sp³-hybridized carbons (Fsp3) is 0.182. The van der Waals surface area contributed by atoms with Crippen LogP contribution >= 0.6 is 23.4 Å². The highest BCUT2D eigenvalue weighted by Gasteiger charge is 2.16. The Morgan fingerprint density at radius 2 is 1.94 bits per heavy atom. The van der Waals surface area contributed by atoms with Gasteiger partial charge in [-0.15, -0.1) is 5.10 Å². The largest absolute Gasteiger partial charge is 0.350 e. The summed E-state index contributed by atoms with van der Waals surface area (Å²) in [5.74, 6) is -0.373. The third kappa shape index (κ3) is 4.50. The van der Waals surface area contributed by atoms with Gasteiger partial charge < -0.3 is 5.32 Å². The van der Waals surface area contributed by atoms with Gasteiger partial charge in [-0.1, -0.05) is 47.1 Å². The molecule has 0 fully saturated rings. The van der Waals surface area contributed by atoms with Crippen LogP contribution in [0.2, 0.25) is 5.02 Å². The molecule has 0 aliphatic heterocycles. The summed E-state index contributed by atoms with van der Waals surface area (Å²) in [6.45, 7) is 5.73. The minimum Gasteiger partial charge on any atom is -0.324 e. The number of fused-ring (bicyclic) bond motifs is 1. The highest BCUT2D eigenvalue weighted by Crippen LogP contribution is 2.31. The van der Waals surface area contributed by atoms with Crippen LogP contribution in [0.1, 0.15) is 16.7 Å². The maximum atomic E-state index is 12.8. The third-order valence-electron chi connectivity index (χ3n) is 4.76. The molecule has 2 heterocycles. The predicted molar refractivity (Wildman–Crippen MR) is 122 cm³/mol. The van der Waals surface area contributed by atoms with Gasteiger partial charge in [0.1, 0.15) is 11.6 Å². The summed E-state index contributed by atoms with van der Waals surface area (Å²) < 4.78 is 2.53. The highest BCUT2D eigenvalue weighted by molar-refractivity contribution is 7.99. The van der Waals surface area contributed by atoms with Crippen molar-refractivity contribution in [1.29, 1.82) is 0 Å². The number of nitrogens with one attached hydrogen (secondary N) is 1. The van der Waals surface area contributed by atoms with Gasteiger partial charge >= 0.3 is 5.69 Å². The average molecular weight is 454 g/mol. The number of aryl methyl sites for hydroxylation is 3. The van der Waals surface area contributed by atoms with E-state index in [4.69, 9.17) is 11.6 Å². The lowest BCUT2D eigenvalue weighted by molar-refractivity contribution is -0.117. The molecule has 2 aromatic heterocycles. The van der Waals surface area contributed by atoms with Crippen molar-refractivity contribution in [3.8, 4) is 0 Å². The molecule has 0 bridgehead atoms. The Balaban J connectivity index is 1.60. The van der Waals surface area contributed by atoms with E-state index in [1.807, 2.05) is 39.0 Å². The van der Waals surface area contributed by atoms with Crippen molar-refractivity contribution in [3.05, 3.63) is 81.0 Å². The second-order valence-corrected chi connectivity index (χ2v) is 8.69. The number of aromatic nitrogens is 4. The number of anilines is 1. The molecule has 2 aromatic carbocycles. The Bertz CT molecular complexity index is 1360. The fourth-order valence-electron chi connectivity index (χ4n) is 3.13. The van der Waals surface area contributed by atoms with Crippen molar-refractivity contribution >= 4 is 40.6 Å². The average Bonchev–Trinajstić information content (AvgIpc) is 3.03. The van der Waals surface area contributed by atoms with Crippen molar-refractivity contribution in [2.24, 2.45) is 0 Å². The Kier molecular flexibility index (Phi) is 5.84. The lowest BCUT2D eigenvalue weighted by Crippen LogP contribution is -2.28. The fourth-order valence-corrected chi connectivity index (χ4v) is 4.21. The maximum absolute atomic E-state index is 12.8. The van der Waals surface area contributed by atoms with Crippen molar-refractivity contribution in [3.63, 3.8) is 0 Å². The standard InChI is InChI=1S/C22H20ClN5O2S/c1-13-4-7-18(15(3)10-13)31-21-20-26-28(22(30)27(20)9-8-24-21)12-19(29)25-16-6-5-14(2)17(23)11-16/h4-11H,12H2,1-3H3,(H,25,29). The topological polar surface area (TPSA) is 81.3 Å². The van der Waals surface area contributed by atoms with Gasteiger partial charge in [0.25, 0.3) is 0 Å². The molecule has 0 atom stereocenters. The molecule has 0 aliphatic rings. The molecule has 0 aliphatic carbocycles. The number of benzene rings is 2. The van der Waals surface area contributed by atoms with Crippen LogP contribution in [0.4, 0.5) is 5.69 Å². The van der Waals surface area contributed by atoms with E-state index in [1.54, 1.807) is 24.5 Å². The van der Waals surface area contributed by atoms with Crippen LogP contribution in [0.5, 0.6) is 0 Å². The summed E-state index contributed by atoms with van der Waals surface area (Å²) in [6.07, 6.45) is 3.10. The van der Waals surface area contributed by atoms with Gasteiger partial charge in [-0.2, -0.15) is 0 Å². The summed E-state index contributed by atoms with van der Waals surface area (Å²) in [5.41, 5.74) is 3.77. The summed E-state index contributed by atoms with van der Waals surface area (Å²) in [7, 11) is 0. The zero-order valence-electron chi connectivity index (χ0n) is 17.2. The zero-order chi connectivity index (χ0) is 22.1. The molecule has 7 nitrogen and oxygen atoms in total. The van der Waals surface area contributed by atoms with E-state index in [-0.39, 0.29) is 12.5 Å². The number of rotatable bonds is 5. The molecule has 0 spiro atoms. The molecule has 4 rings (SSSR count). The molecule has 0 saturated carbocycles. The number of nitrogens with zero attached hydrogens (tertiary/aromatic N) is 4. The normalized spacial score (nSPS) is 11.1. The SMILES string of the molecule is Cc1ccc(Sc2nccn3c(=O)n(CC(=O)Nc4ccc(C)c(Cl)c4)nc23)c(C)c1. The Hall–Kier alpha value is -3.10. The molecule has 0 radical (unpaired) electrons. The van der Waals surface area contributed by atoms with Gasteiger partial charge in [0.15, 0.2) is 5.65 Å².